The summed E-state index contributed by atoms with van der Waals surface area (Å²) in [5.41, 5.74) is 19.3. The molecule has 16 heavy (non-hydrogen) atoms. The zero-order valence-electron chi connectivity index (χ0n) is 8.98. The summed E-state index contributed by atoms with van der Waals surface area (Å²) in [5.74, 6) is 0. The van der Waals surface area contributed by atoms with Gasteiger partial charge >= 0.3 is 0 Å². The van der Waals surface area contributed by atoms with Gasteiger partial charge in [0.1, 0.15) is 5.66 Å². The van der Waals surface area contributed by atoms with Crippen LogP contribution in [0.25, 0.3) is 0 Å². The Bertz CT molecular complexity index is 433. The van der Waals surface area contributed by atoms with Gasteiger partial charge < -0.3 is 22.5 Å². The first kappa shape index (κ1) is 10.6. The van der Waals surface area contributed by atoms with Gasteiger partial charge in [-0.25, -0.2) is 0 Å². The van der Waals surface area contributed by atoms with E-state index in [0.717, 1.165) is 17.1 Å². The van der Waals surface area contributed by atoms with E-state index in [1.807, 2.05) is 42.5 Å². The lowest BCUT2D eigenvalue weighted by molar-refractivity contribution is 0.603. The lowest BCUT2D eigenvalue weighted by atomic mass is 10.00. The molecular weight excluding hydrogens is 200 g/mol. The van der Waals surface area contributed by atoms with Crippen molar-refractivity contribution < 1.29 is 0 Å². The van der Waals surface area contributed by atoms with Crippen LogP contribution in [-0.2, 0) is 0 Å². The van der Waals surface area contributed by atoms with Gasteiger partial charge in [-0.3, -0.25) is 0 Å². The smallest absolute Gasteiger partial charge is 0.109 e. The summed E-state index contributed by atoms with van der Waals surface area (Å²) in [6.45, 7) is 0. The molecule has 4 heteroatoms. The molecule has 0 saturated carbocycles. The van der Waals surface area contributed by atoms with Crippen LogP contribution in [0.1, 0.15) is 6.42 Å². The van der Waals surface area contributed by atoms with E-state index in [4.69, 9.17) is 17.2 Å². The highest BCUT2D eigenvalue weighted by Crippen LogP contribution is 2.20. The molecule has 1 unspecified atom stereocenters. The first-order chi connectivity index (χ1) is 7.57. The number of nitrogen functional groups attached to an aromatic ring is 1. The van der Waals surface area contributed by atoms with E-state index in [-0.39, 0.29) is 0 Å². The Kier molecular flexibility index (Phi) is 2.58. The van der Waals surface area contributed by atoms with Crippen molar-refractivity contribution in [3.63, 3.8) is 0 Å². The van der Waals surface area contributed by atoms with Crippen molar-refractivity contribution in [3.8, 4) is 0 Å². The second kappa shape index (κ2) is 3.90. The van der Waals surface area contributed by atoms with Crippen molar-refractivity contribution >= 4 is 11.4 Å². The number of benzene rings is 1. The third kappa shape index (κ3) is 2.35. The van der Waals surface area contributed by atoms with Gasteiger partial charge in [0.25, 0.3) is 0 Å². The molecule has 2 rings (SSSR count). The SMILES string of the molecule is NC1=CCC(N)(Nc2ccc(N)cc2)C=C1. The zero-order valence-corrected chi connectivity index (χ0v) is 8.98. The van der Waals surface area contributed by atoms with Crippen LogP contribution in [0.2, 0.25) is 0 Å². The highest BCUT2D eigenvalue weighted by atomic mass is 15.1. The molecule has 1 aliphatic rings. The minimum absolute atomic E-state index is 0.570. The largest absolute Gasteiger partial charge is 0.399 e. The van der Waals surface area contributed by atoms with Crippen molar-refractivity contribution in [1.82, 2.24) is 0 Å². The van der Waals surface area contributed by atoms with Crippen LogP contribution in [0.3, 0.4) is 0 Å². The van der Waals surface area contributed by atoms with Crippen LogP contribution < -0.4 is 22.5 Å². The van der Waals surface area contributed by atoms with Crippen molar-refractivity contribution in [2.45, 2.75) is 12.1 Å². The quantitative estimate of drug-likeness (QED) is 0.441. The summed E-state index contributed by atoms with van der Waals surface area (Å²) < 4.78 is 0. The standard InChI is InChI=1S/C12H16N4/c13-9-1-3-11(4-2-9)16-12(15)7-5-10(14)6-8-12/h1-7,16H,8,13-15H2. The predicted octanol–water partition coefficient (Wildman–Crippen LogP) is 1.14. The van der Waals surface area contributed by atoms with Crippen LogP contribution in [0.4, 0.5) is 11.4 Å². The minimum atomic E-state index is -0.570. The maximum Gasteiger partial charge on any atom is 0.109 e. The second-order valence-corrected chi connectivity index (χ2v) is 4.03. The van der Waals surface area contributed by atoms with Crippen molar-refractivity contribution in [3.05, 3.63) is 48.2 Å². The monoisotopic (exact) mass is 216 g/mol. The molecular formula is C12H16N4. The fourth-order valence-corrected chi connectivity index (χ4v) is 1.60. The molecule has 0 aliphatic heterocycles. The highest BCUT2D eigenvalue weighted by Gasteiger charge is 2.22. The van der Waals surface area contributed by atoms with Crippen LogP contribution in [-0.4, -0.2) is 5.66 Å². The van der Waals surface area contributed by atoms with Gasteiger partial charge in [-0.15, -0.1) is 0 Å². The molecule has 1 aliphatic carbocycles. The molecule has 0 spiro atoms. The summed E-state index contributed by atoms with van der Waals surface area (Å²) in [4.78, 5) is 0. The van der Waals surface area contributed by atoms with Crippen molar-refractivity contribution in [2.75, 3.05) is 11.1 Å². The zero-order chi connectivity index (χ0) is 11.6. The summed E-state index contributed by atoms with van der Waals surface area (Å²) in [7, 11) is 0. The van der Waals surface area contributed by atoms with Crippen LogP contribution >= 0.6 is 0 Å². The van der Waals surface area contributed by atoms with Crippen LogP contribution in [0.5, 0.6) is 0 Å². The highest BCUT2D eigenvalue weighted by molar-refractivity contribution is 5.53. The van der Waals surface area contributed by atoms with E-state index in [9.17, 15) is 0 Å². The molecule has 0 amide bonds. The Morgan fingerprint density at radius 1 is 1.12 bits per heavy atom. The summed E-state index contributed by atoms with van der Waals surface area (Å²) >= 11 is 0. The topological polar surface area (TPSA) is 90.1 Å². The molecule has 1 aromatic rings. The van der Waals surface area contributed by atoms with Gasteiger partial charge in [0.15, 0.2) is 0 Å². The summed E-state index contributed by atoms with van der Waals surface area (Å²) in [5, 5.41) is 3.24. The molecule has 1 aromatic carbocycles. The van der Waals surface area contributed by atoms with Gasteiger partial charge in [0.05, 0.1) is 0 Å². The average molecular weight is 216 g/mol. The number of allylic oxidation sites excluding steroid dienone is 1. The van der Waals surface area contributed by atoms with Gasteiger partial charge in [-0.05, 0) is 36.4 Å². The number of hydrogen-bond donors (Lipinski definition) is 4. The average Bonchev–Trinajstić information content (AvgIpc) is 2.27. The minimum Gasteiger partial charge on any atom is -0.399 e. The Labute approximate surface area is 94.8 Å². The van der Waals surface area contributed by atoms with E-state index in [1.165, 1.54) is 0 Å². The van der Waals surface area contributed by atoms with Crippen LogP contribution in [0.15, 0.2) is 48.2 Å². The fraction of sp³-hybridized carbons (Fsp3) is 0.167. The van der Waals surface area contributed by atoms with Crippen molar-refractivity contribution in [2.24, 2.45) is 11.5 Å². The Balaban J connectivity index is 2.10. The Hall–Kier alpha value is -1.94. The number of hydrogen-bond acceptors (Lipinski definition) is 4. The number of nitrogens with one attached hydrogen (secondary N) is 1. The second-order valence-electron chi connectivity index (χ2n) is 4.03. The van der Waals surface area contributed by atoms with E-state index in [0.29, 0.717) is 6.42 Å². The third-order valence-corrected chi connectivity index (χ3v) is 2.54. The molecule has 0 heterocycles. The van der Waals surface area contributed by atoms with Gasteiger partial charge in [0.2, 0.25) is 0 Å². The van der Waals surface area contributed by atoms with Gasteiger partial charge in [-0.2, -0.15) is 0 Å². The van der Waals surface area contributed by atoms with Gasteiger partial charge in [-0.1, -0.05) is 6.08 Å². The molecule has 7 N–H and O–H groups in total. The summed E-state index contributed by atoms with van der Waals surface area (Å²) in [6, 6.07) is 7.48. The third-order valence-electron chi connectivity index (χ3n) is 2.54. The maximum atomic E-state index is 6.16. The summed E-state index contributed by atoms with van der Waals surface area (Å²) in [6.07, 6.45) is 6.26. The first-order valence-electron chi connectivity index (χ1n) is 5.15. The molecule has 1 atom stereocenters. The molecule has 0 bridgehead atoms. The van der Waals surface area contributed by atoms with E-state index in [1.54, 1.807) is 0 Å². The fourth-order valence-electron chi connectivity index (χ4n) is 1.60. The number of anilines is 2. The van der Waals surface area contributed by atoms with Crippen LogP contribution in [0, 0.1) is 0 Å². The molecule has 4 nitrogen and oxygen atoms in total. The number of nitrogens with two attached hydrogens (primary N) is 3. The molecule has 84 valence electrons. The molecule has 0 aromatic heterocycles. The van der Waals surface area contributed by atoms with Gasteiger partial charge in [0, 0.05) is 23.5 Å². The first-order valence-corrected chi connectivity index (χ1v) is 5.15. The molecule has 0 radical (unpaired) electrons. The molecule has 0 saturated heterocycles. The maximum absolute atomic E-state index is 6.16. The van der Waals surface area contributed by atoms with E-state index in [2.05, 4.69) is 5.32 Å². The molecule has 0 fully saturated rings. The number of rotatable bonds is 2. The normalized spacial score (nSPS) is 23.9. The predicted molar refractivity (Wildman–Crippen MR) is 67.4 cm³/mol. The van der Waals surface area contributed by atoms with E-state index >= 15 is 0 Å². The lowest BCUT2D eigenvalue weighted by Gasteiger charge is -2.29. The Morgan fingerprint density at radius 3 is 2.38 bits per heavy atom. The van der Waals surface area contributed by atoms with E-state index < -0.39 is 5.66 Å². The Morgan fingerprint density at radius 2 is 1.81 bits per heavy atom. The van der Waals surface area contributed by atoms with Crippen molar-refractivity contribution in [1.29, 1.82) is 0 Å². The lowest BCUT2D eigenvalue weighted by Crippen LogP contribution is -2.46.